The minimum absolute atomic E-state index is 0.0172. The van der Waals surface area contributed by atoms with Gasteiger partial charge in [0.15, 0.2) is 0 Å². The van der Waals surface area contributed by atoms with E-state index in [1.807, 2.05) is 6.92 Å². The minimum Gasteiger partial charge on any atom is -0.349 e. The predicted molar refractivity (Wildman–Crippen MR) is 87.8 cm³/mol. The largest absolute Gasteiger partial charge is 0.349 e. The number of nitrogens with one attached hydrogen (secondary N) is 3. The van der Waals surface area contributed by atoms with Gasteiger partial charge in [-0.15, -0.1) is 6.58 Å². The summed E-state index contributed by atoms with van der Waals surface area (Å²) in [4.78, 5) is 24.2. The van der Waals surface area contributed by atoms with Gasteiger partial charge in [-0.25, -0.2) is 0 Å². The predicted octanol–water partition coefficient (Wildman–Crippen LogP) is 1.93. The van der Waals surface area contributed by atoms with Gasteiger partial charge in [-0.2, -0.15) is 0 Å². The smallest absolute Gasteiger partial charge is 0.251 e. The van der Waals surface area contributed by atoms with Gasteiger partial charge in [0, 0.05) is 24.3 Å². The lowest BCUT2D eigenvalue weighted by atomic mass is 9.82. The van der Waals surface area contributed by atoms with Crippen molar-refractivity contribution in [3.63, 3.8) is 0 Å². The summed E-state index contributed by atoms with van der Waals surface area (Å²) in [5.74, 6) is -0.134. The second-order valence-electron chi connectivity index (χ2n) is 5.87. The highest BCUT2D eigenvalue weighted by atomic mass is 16.2. The summed E-state index contributed by atoms with van der Waals surface area (Å²) in [6.45, 7) is 7.63. The number of hydrogen-bond acceptors (Lipinski definition) is 3. The number of carbonyl (C=O) groups excluding carboxylic acids is 2. The van der Waals surface area contributed by atoms with E-state index in [0.29, 0.717) is 24.3 Å². The Morgan fingerprint density at radius 3 is 2.68 bits per heavy atom. The van der Waals surface area contributed by atoms with Crippen LogP contribution in [0.1, 0.15) is 30.1 Å². The third kappa shape index (κ3) is 3.95. The van der Waals surface area contributed by atoms with Crippen molar-refractivity contribution in [2.24, 2.45) is 5.41 Å². The van der Waals surface area contributed by atoms with Gasteiger partial charge >= 0.3 is 0 Å². The van der Waals surface area contributed by atoms with Crippen molar-refractivity contribution < 1.29 is 9.59 Å². The van der Waals surface area contributed by atoms with E-state index in [0.717, 1.165) is 19.4 Å². The van der Waals surface area contributed by atoms with E-state index < -0.39 is 0 Å². The molecule has 1 fully saturated rings. The quantitative estimate of drug-likeness (QED) is 0.728. The molecular formula is C17H23N3O2. The lowest BCUT2D eigenvalue weighted by Gasteiger charge is -2.32. The van der Waals surface area contributed by atoms with Crippen LogP contribution in [0.5, 0.6) is 0 Å². The molecule has 3 N–H and O–H groups in total. The number of amides is 2. The van der Waals surface area contributed by atoms with E-state index in [-0.39, 0.29) is 17.2 Å². The Morgan fingerprint density at radius 1 is 1.36 bits per heavy atom. The van der Waals surface area contributed by atoms with Crippen LogP contribution < -0.4 is 16.0 Å². The first-order chi connectivity index (χ1) is 10.5. The Bertz CT molecular complexity index is 546. The molecule has 0 aliphatic carbocycles. The van der Waals surface area contributed by atoms with Crippen LogP contribution in [-0.4, -0.2) is 31.4 Å². The molecule has 5 heteroatoms. The Kier molecular flexibility index (Phi) is 5.33. The van der Waals surface area contributed by atoms with Gasteiger partial charge in [0.2, 0.25) is 5.91 Å². The zero-order chi connectivity index (χ0) is 16.0. The third-order valence-electron chi connectivity index (χ3n) is 3.96. The topological polar surface area (TPSA) is 70.2 Å². The van der Waals surface area contributed by atoms with Crippen LogP contribution in [0.25, 0.3) is 0 Å². The molecule has 2 amide bonds. The van der Waals surface area contributed by atoms with E-state index in [9.17, 15) is 9.59 Å². The molecule has 22 heavy (non-hydrogen) atoms. The maximum absolute atomic E-state index is 12.4. The summed E-state index contributed by atoms with van der Waals surface area (Å²) in [5, 5.41) is 8.91. The molecule has 5 nitrogen and oxygen atoms in total. The van der Waals surface area contributed by atoms with Gasteiger partial charge in [-0.3, -0.25) is 9.59 Å². The highest BCUT2D eigenvalue weighted by Gasteiger charge is 2.34. The highest BCUT2D eigenvalue weighted by molar-refractivity contribution is 5.97. The number of carbonyl (C=O) groups is 2. The molecule has 0 spiro atoms. The van der Waals surface area contributed by atoms with E-state index in [4.69, 9.17) is 0 Å². The summed E-state index contributed by atoms with van der Waals surface area (Å²) < 4.78 is 0. The Labute approximate surface area is 131 Å². The number of piperidine rings is 1. The number of hydrogen-bond donors (Lipinski definition) is 3. The molecule has 118 valence electrons. The van der Waals surface area contributed by atoms with Crippen molar-refractivity contribution in [1.29, 1.82) is 0 Å². The molecule has 0 aromatic heterocycles. The Hall–Kier alpha value is -2.14. The molecule has 2 rings (SSSR count). The third-order valence-corrected chi connectivity index (χ3v) is 3.96. The summed E-state index contributed by atoms with van der Waals surface area (Å²) in [7, 11) is 0. The summed E-state index contributed by atoms with van der Waals surface area (Å²) in [5.41, 5.74) is 0.889. The van der Waals surface area contributed by atoms with Crippen molar-refractivity contribution in [2.45, 2.75) is 19.8 Å². The number of anilines is 1. The van der Waals surface area contributed by atoms with Gasteiger partial charge in [-0.1, -0.05) is 6.08 Å². The lowest BCUT2D eigenvalue weighted by molar-refractivity contribution is -0.125. The van der Waals surface area contributed by atoms with E-state index >= 15 is 0 Å². The lowest BCUT2D eigenvalue weighted by Crippen LogP contribution is -2.46. The minimum atomic E-state index is -0.377. The molecule has 1 aliphatic rings. The molecule has 1 atom stereocenters. The first-order valence-corrected chi connectivity index (χ1v) is 7.56. The second kappa shape index (κ2) is 7.22. The Balaban J connectivity index is 1.97. The molecule has 1 saturated heterocycles. The average molecular weight is 301 g/mol. The molecule has 1 aliphatic heterocycles. The van der Waals surface area contributed by atoms with Crippen molar-refractivity contribution in [3.8, 4) is 0 Å². The normalized spacial score (nSPS) is 21.0. The highest BCUT2D eigenvalue weighted by Crippen LogP contribution is 2.27. The fourth-order valence-electron chi connectivity index (χ4n) is 2.50. The fourth-order valence-corrected chi connectivity index (χ4v) is 2.50. The molecule has 1 unspecified atom stereocenters. The van der Waals surface area contributed by atoms with Crippen molar-refractivity contribution in [3.05, 3.63) is 42.5 Å². The van der Waals surface area contributed by atoms with Crippen LogP contribution in [0, 0.1) is 5.41 Å². The number of benzene rings is 1. The molecule has 0 bridgehead atoms. The molecule has 1 aromatic rings. The molecule has 0 saturated carbocycles. The van der Waals surface area contributed by atoms with Gasteiger partial charge < -0.3 is 16.0 Å². The van der Waals surface area contributed by atoms with Crippen LogP contribution in [0.4, 0.5) is 5.69 Å². The fraction of sp³-hybridized carbons (Fsp3) is 0.412. The first-order valence-electron chi connectivity index (χ1n) is 7.56. The summed E-state index contributed by atoms with van der Waals surface area (Å²) in [6.07, 6.45) is 3.52. The van der Waals surface area contributed by atoms with E-state index in [1.54, 1.807) is 30.3 Å². The SMILES string of the molecule is C=CCNC(=O)c1ccc(NC(=O)C2(C)CCCNC2)cc1. The summed E-state index contributed by atoms with van der Waals surface area (Å²) in [6, 6.07) is 6.91. The molecular weight excluding hydrogens is 278 g/mol. The van der Waals surface area contributed by atoms with Crippen molar-refractivity contribution in [1.82, 2.24) is 10.6 Å². The Morgan fingerprint density at radius 2 is 2.09 bits per heavy atom. The first kappa shape index (κ1) is 16.2. The zero-order valence-electron chi connectivity index (χ0n) is 12.9. The maximum atomic E-state index is 12.4. The van der Waals surface area contributed by atoms with Crippen LogP contribution in [-0.2, 0) is 4.79 Å². The van der Waals surface area contributed by atoms with Gasteiger partial charge in [0.1, 0.15) is 0 Å². The average Bonchev–Trinajstić information content (AvgIpc) is 2.54. The van der Waals surface area contributed by atoms with E-state index in [2.05, 4.69) is 22.5 Å². The molecule has 1 heterocycles. The monoisotopic (exact) mass is 301 g/mol. The van der Waals surface area contributed by atoms with Crippen molar-refractivity contribution in [2.75, 3.05) is 25.0 Å². The second-order valence-corrected chi connectivity index (χ2v) is 5.87. The van der Waals surface area contributed by atoms with Crippen LogP contribution in [0.2, 0.25) is 0 Å². The van der Waals surface area contributed by atoms with Crippen LogP contribution in [0.15, 0.2) is 36.9 Å². The maximum Gasteiger partial charge on any atom is 0.251 e. The van der Waals surface area contributed by atoms with Crippen molar-refractivity contribution >= 4 is 17.5 Å². The van der Waals surface area contributed by atoms with Crippen LogP contribution in [0.3, 0.4) is 0 Å². The number of rotatable bonds is 5. The van der Waals surface area contributed by atoms with E-state index in [1.165, 1.54) is 0 Å². The van der Waals surface area contributed by atoms with Crippen LogP contribution >= 0.6 is 0 Å². The standard InChI is InChI=1S/C17H23N3O2/c1-3-10-19-15(21)13-5-7-14(8-6-13)20-16(22)17(2)9-4-11-18-12-17/h3,5-8,18H,1,4,9-12H2,2H3,(H,19,21)(H,20,22). The van der Waals surface area contributed by atoms with Gasteiger partial charge in [0.05, 0.1) is 5.41 Å². The van der Waals surface area contributed by atoms with Gasteiger partial charge in [-0.05, 0) is 50.6 Å². The molecule has 0 radical (unpaired) electrons. The molecule has 1 aromatic carbocycles. The summed E-state index contributed by atoms with van der Waals surface area (Å²) >= 11 is 0. The van der Waals surface area contributed by atoms with Gasteiger partial charge in [0.25, 0.3) is 5.91 Å². The zero-order valence-corrected chi connectivity index (χ0v) is 12.9.